The Kier molecular flexibility index (Phi) is 4.45. The summed E-state index contributed by atoms with van der Waals surface area (Å²) in [6.45, 7) is 10.7. The van der Waals surface area contributed by atoms with Gasteiger partial charge in [-0.05, 0) is 25.2 Å². The van der Waals surface area contributed by atoms with Crippen LogP contribution < -0.4 is 5.84 Å². The third kappa shape index (κ3) is 3.08. The lowest BCUT2D eigenvalue weighted by atomic mass is 10.1. The van der Waals surface area contributed by atoms with Crippen molar-refractivity contribution < 1.29 is 0 Å². The van der Waals surface area contributed by atoms with Crippen LogP contribution in [0, 0.1) is 11.8 Å². The summed E-state index contributed by atoms with van der Waals surface area (Å²) in [5.74, 6) is 8.84. The number of aliphatic imine (C=N–C) groups is 2. The van der Waals surface area contributed by atoms with Crippen molar-refractivity contribution in [1.29, 1.82) is 0 Å². The minimum atomic E-state index is 0.00632. The highest BCUT2D eigenvalue weighted by molar-refractivity contribution is 5.98. The van der Waals surface area contributed by atoms with Crippen LogP contribution in [0.3, 0.4) is 0 Å². The first-order valence-corrected chi connectivity index (χ1v) is 7.46. The van der Waals surface area contributed by atoms with E-state index in [1.165, 1.54) is 19.3 Å². The quantitative estimate of drug-likeness (QED) is 0.777. The standard InChI is InChI=1S/C14H27N5/c1-10(2)12-16-13(11(3)4)19(15)14(17-12)18-8-6-5-7-9-18/h10-11,13H,5-9,15H2,1-4H3. The summed E-state index contributed by atoms with van der Waals surface area (Å²) in [5.41, 5.74) is 0. The number of nitrogens with zero attached hydrogens (tertiary/aromatic N) is 4. The zero-order valence-electron chi connectivity index (χ0n) is 12.6. The van der Waals surface area contributed by atoms with Crippen molar-refractivity contribution in [3.8, 4) is 0 Å². The first-order chi connectivity index (χ1) is 9.00. The van der Waals surface area contributed by atoms with E-state index in [4.69, 9.17) is 15.8 Å². The average Bonchev–Trinajstić information content (AvgIpc) is 2.39. The van der Waals surface area contributed by atoms with Gasteiger partial charge in [0.25, 0.3) is 0 Å². The molecule has 0 aromatic rings. The molecule has 0 saturated carbocycles. The van der Waals surface area contributed by atoms with Crippen molar-refractivity contribution >= 4 is 11.8 Å². The second-order valence-corrected chi connectivity index (χ2v) is 6.17. The number of rotatable bonds is 2. The number of likely N-dealkylation sites (tertiary alicyclic amines) is 1. The van der Waals surface area contributed by atoms with E-state index in [1.807, 2.05) is 0 Å². The molecule has 0 amide bonds. The molecule has 0 radical (unpaired) electrons. The average molecular weight is 265 g/mol. The molecule has 0 spiro atoms. The second-order valence-electron chi connectivity index (χ2n) is 6.17. The van der Waals surface area contributed by atoms with Crippen LogP contribution in [-0.2, 0) is 0 Å². The van der Waals surface area contributed by atoms with Gasteiger partial charge in [0, 0.05) is 19.0 Å². The smallest absolute Gasteiger partial charge is 0.219 e. The van der Waals surface area contributed by atoms with E-state index < -0.39 is 0 Å². The van der Waals surface area contributed by atoms with Gasteiger partial charge in [0.05, 0.1) is 0 Å². The molecular weight excluding hydrogens is 238 g/mol. The fraction of sp³-hybridized carbons (Fsp3) is 0.857. The highest BCUT2D eigenvalue weighted by Gasteiger charge is 2.31. The molecule has 1 fully saturated rings. The Morgan fingerprint density at radius 1 is 1.11 bits per heavy atom. The first-order valence-electron chi connectivity index (χ1n) is 7.46. The van der Waals surface area contributed by atoms with E-state index in [9.17, 15) is 0 Å². The molecule has 2 aliphatic heterocycles. The summed E-state index contributed by atoms with van der Waals surface area (Å²) >= 11 is 0. The van der Waals surface area contributed by atoms with Crippen molar-refractivity contribution in [2.75, 3.05) is 13.1 Å². The third-order valence-electron chi connectivity index (χ3n) is 3.75. The maximum absolute atomic E-state index is 6.27. The van der Waals surface area contributed by atoms with Crippen molar-refractivity contribution in [3.63, 3.8) is 0 Å². The molecule has 2 heterocycles. The normalized spacial score (nSPS) is 24.9. The molecule has 0 bridgehead atoms. The Labute approximate surface area is 116 Å². The largest absolute Gasteiger partial charge is 0.341 e. The topological polar surface area (TPSA) is 57.2 Å². The van der Waals surface area contributed by atoms with Crippen molar-refractivity contribution in [2.24, 2.45) is 27.7 Å². The van der Waals surface area contributed by atoms with E-state index in [1.54, 1.807) is 5.01 Å². The Morgan fingerprint density at radius 3 is 2.26 bits per heavy atom. The Morgan fingerprint density at radius 2 is 1.74 bits per heavy atom. The molecule has 1 atom stereocenters. The summed E-state index contributed by atoms with van der Waals surface area (Å²) in [5, 5.41) is 1.77. The summed E-state index contributed by atoms with van der Waals surface area (Å²) < 4.78 is 0. The minimum Gasteiger partial charge on any atom is -0.341 e. The molecule has 5 heteroatoms. The molecule has 1 unspecified atom stereocenters. The minimum absolute atomic E-state index is 0.00632. The van der Waals surface area contributed by atoms with Gasteiger partial charge in [-0.2, -0.15) is 4.99 Å². The molecule has 2 rings (SSSR count). The van der Waals surface area contributed by atoms with Crippen LogP contribution in [0.1, 0.15) is 47.0 Å². The van der Waals surface area contributed by atoms with Crippen LogP contribution in [0.2, 0.25) is 0 Å². The maximum atomic E-state index is 6.27. The molecule has 2 aliphatic rings. The van der Waals surface area contributed by atoms with E-state index >= 15 is 0 Å². The van der Waals surface area contributed by atoms with E-state index in [2.05, 4.69) is 32.6 Å². The molecule has 19 heavy (non-hydrogen) atoms. The van der Waals surface area contributed by atoms with Gasteiger partial charge >= 0.3 is 0 Å². The van der Waals surface area contributed by atoms with Gasteiger partial charge in [0.2, 0.25) is 5.96 Å². The van der Waals surface area contributed by atoms with Crippen molar-refractivity contribution in [3.05, 3.63) is 0 Å². The van der Waals surface area contributed by atoms with Crippen molar-refractivity contribution in [2.45, 2.75) is 53.1 Å². The summed E-state index contributed by atoms with van der Waals surface area (Å²) in [6, 6.07) is 0. The van der Waals surface area contributed by atoms with Crippen LogP contribution in [0.5, 0.6) is 0 Å². The fourth-order valence-electron chi connectivity index (χ4n) is 2.58. The van der Waals surface area contributed by atoms with Gasteiger partial charge in [-0.25, -0.2) is 10.8 Å². The molecule has 0 aliphatic carbocycles. The van der Waals surface area contributed by atoms with E-state index in [0.717, 1.165) is 24.9 Å². The summed E-state index contributed by atoms with van der Waals surface area (Å²) in [6.07, 6.45) is 3.78. The number of hydrogen-bond acceptors (Lipinski definition) is 5. The molecule has 0 aromatic heterocycles. The highest BCUT2D eigenvalue weighted by Crippen LogP contribution is 2.20. The van der Waals surface area contributed by atoms with Crippen LogP contribution in [0.15, 0.2) is 9.98 Å². The Balaban J connectivity index is 2.26. The molecule has 5 nitrogen and oxygen atoms in total. The number of nitrogens with two attached hydrogens (primary N) is 1. The third-order valence-corrected chi connectivity index (χ3v) is 3.75. The highest BCUT2D eigenvalue weighted by atomic mass is 15.6. The molecular formula is C14H27N5. The van der Waals surface area contributed by atoms with Gasteiger partial charge in [-0.15, -0.1) is 0 Å². The molecule has 0 aromatic carbocycles. The molecule has 2 N–H and O–H groups in total. The predicted octanol–water partition coefficient (Wildman–Crippen LogP) is 2.05. The van der Waals surface area contributed by atoms with E-state index in [-0.39, 0.29) is 6.17 Å². The number of piperidine rings is 1. The fourth-order valence-corrected chi connectivity index (χ4v) is 2.58. The molecule has 108 valence electrons. The van der Waals surface area contributed by atoms with Crippen LogP contribution in [-0.4, -0.2) is 41.0 Å². The van der Waals surface area contributed by atoms with Gasteiger partial charge in [-0.3, -0.25) is 5.01 Å². The maximum Gasteiger partial charge on any atom is 0.219 e. The van der Waals surface area contributed by atoms with Crippen molar-refractivity contribution in [1.82, 2.24) is 9.91 Å². The van der Waals surface area contributed by atoms with Crippen LogP contribution >= 0.6 is 0 Å². The zero-order valence-corrected chi connectivity index (χ0v) is 12.6. The van der Waals surface area contributed by atoms with E-state index in [0.29, 0.717) is 11.8 Å². The number of hydrogen-bond donors (Lipinski definition) is 1. The lowest BCUT2D eigenvalue weighted by Crippen LogP contribution is -2.57. The predicted molar refractivity (Wildman–Crippen MR) is 79.8 cm³/mol. The number of amidine groups is 1. The Bertz CT molecular complexity index is 366. The lowest BCUT2D eigenvalue weighted by Gasteiger charge is -2.40. The molecule has 1 saturated heterocycles. The first kappa shape index (κ1) is 14.3. The SMILES string of the molecule is CC(C)C1=NC(C(C)C)N(N)C(N2CCCCC2)=N1. The Hall–Kier alpha value is -1.10. The lowest BCUT2D eigenvalue weighted by molar-refractivity contribution is 0.207. The number of guanidine groups is 1. The summed E-state index contributed by atoms with van der Waals surface area (Å²) in [7, 11) is 0. The number of hydrazine groups is 1. The van der Waals surface area contributed by atoms with Crippen LogP contribution in [0.25, 0.3) is 0 Å². The van der Waals surface area contributed by atoms with Gasteiger partial charge in [0.1, 0.15) is 12.0 Å². The second kappa shape index (κ2) is 5.90. The van der Waals surface area contributed by atoms with Gasteiger partial charge in [-0.1, -0.05) is 27.7 Å². The zero-order chi connectivity index (χ0) is 14.0. The van der Waals surface area contributed by atoms with Gasteiger partial charge in [0.15, 0.2) is 0 Å². The van der Waals surface area contributed by atoms with Gasteiger partial charge < -0.3 is 4.90 Å². The monoisotopic (exact) mass is 265 g/mol. The van der Waals surface area contributed by atoms with Crippen LogP contribution in [0.4, 0.5) is 0 Å². The summed E-state index contributed by atoms with van der Waals surface area (Å²) in [4.78, 5) is 11.7.